The number of hydrogen-bond acceptors (Lipinski definition) is 5. The van der Waals surface area contributed by atoms with Gasteiger partial charge in [0.2, 0.25) is 0 Å². The minimum Gasteiger partial charge on any atom is -0.497 e. The molecule has 0 N–H and O–H groups in total. The van der Waals surface area contributed by atoms with E-state index >= 15 is 0 Å². The SMILES string of the molecule is COc1ccc(-c2c(Cl)c(C3CCN(C(=O)OCc4ccccc4)CC3)nn2-c2ccc(OC)cc2)cc1. The highest BCUT2D eigenvalue weighted by atomic mass is 35.5. The van der Waals surface area contributed by atoms with Crippen molar-refractivity contribution in [1.29, 1.82) is 0 Å². The number of piperidine rings is 1. The average molecular weight is 532 g/mol. The zero-order valence-electron chi connectivity index (χ0n) is 21.5. The lowest BCUT2D eigenvalue weighted by Gasteiger charge is -2.30. The number of carbonyl (C=O) groups is 1. The molecular formula is C30H30ClN3O4. The third-order valence-corrected chi connectivity index (χ3v) is 7.25. The summed E-state index contributed by atoms with van der Waals surface area (Å²) in [4.78, 5) is 14.4. The molecule has 7 nitrogen and oxygen atoms in total. The van der Waals surface area contributed by atoms with Gasteiger partial charge >= 0.3 is 6.09 Å². The largest absolute Gasteiger partial charge is 0.497 e. The molecule has 0 aliphatic carbocycles. The number of methoxy groups -OCH3 is 2. The van der Waals surface area contributed by atoms with Crippen LogP contribution in [-0.4, -0.2) is 48.1 Å². The summed E-state index contributed by atoms with van der Waals surface area (Å²) >= 11 is 7.05. The van der Waals surface area contributed by atoms with Crippen molar-refractivity contribution in [1.82, 2.24) is 14.7 Å². The van der Waals surface area contributed by atoms with E-state index in [0.717, 1.165) is 52.5 Å². The number of likely N-dealkylation sites (tertiary alicyclic amines) is 1. The first kappa shape index (κ1) is 25.7. The minimum atomic E-state index is -0.291. The molecule has 1 aromatic heterocycles. The van der Waals surface area contributed by atoms with Crippen molar-refractivity contribution in [3.8, 4) is 28.4 Å². The number of ether oxygens (including phenoxy) is 3. The topological polar surface area (TPSA) is 65.8 Å². The van der Waals surface area contributed by atoms with E-state index in [1.165, 1.54) is 0 Å². The quantitative estimate of drug-likeness (QED) is 0.264. The van der Waals surface area contributed by atoms with E-state index in [2.05, 4.69) is 0 Å². The van der Waals surface area contributed by atoms with Gasteiger partial charge in [-0.1, -0.05) is 41.9 Å². The number of nitrogens with zero attached hydrogens (tertiary/aromatic N) is 3. The van der Waals surface area contributed by atoms with Crippen LogP contribution in [0.15, 0.2) is 78.9 Å². The Morgan fingerprint density at radius 2 is 1.50 bits per heavy atom. The zero-order valence-corrected chi connectivity index (χ0v) is 22.2. The molecule has 0 bridgehead atoms. The molecule has 1 aliphatic heterocycles. The molecule has 3 aromatic carbocycles. The van der Waals surface area contributed by atoms with Crippen molar-refractivity contribution in [2.45, 2.75) is 25.4 Å². The van der Waals surface area contributed by atoms with E-state index in [1.54, 1.807) is 19.1 Å². The number of aromatic nitrogens is 2. The van der Waals surface area contributed by atoms with Gasteiger partial charge in [0.25, 0.3) is 0 Å². The predicted octanol–water partition coefficient (Wildman–Crippen LogP) is 6.73. The van der Waals surface area contributed by atoms with Crippen LogP contribution in [-0.2, 0) is 11.3 Å². The first-order valence-electron chi connectivity index (χ1n) is 12.6. The molecule has 0 atom stereocenters. The molecule has 4 aromatic rings. The fourth-order valence-corrected chi connectivity index (χ4v) is 5.11. The van der Waals surface area contributed by atoms with Crippen LogP contribution in [0.5, 0.6) is 11.5 Å². The van der Waals surface area contributed by atoms with Gasteiger partial charge in [0, 0.05) is 24.6 Å². The van der Waals surface area contributed by atoms with E-state index < -0.39 is 0 Å². The molecule has 0 unspecified atom stereocenters. The fraction of sp³-hybridized carbons (Fsp3) is 0.267. The Bertz CT molecular complexity index is 1360. The van der Waals surface area contributed by atoms with Crippen molar-refractivity contribution in [3.05, 3.63) is 95.1 Å². The van der Waals surface area contributed by atoms with Gasteiger partial charge in [-0.05, 0) is 66.9 Å². The van der Waals surface area contributed by atoms with E-state index in [-0.39, 0.29) is 18.6 Å². The fourth-order valence-electron chi connectivity index (χ4n) is 4.73. The number of halogens is 1. The van der Waals surface area contributed by atoms with Gasteiger partial charge in [0.15, 0.2) is 0 Å². The van der Waals surface area contributed by atoms with Crippen molar-refractivity contribution in [2.24, 2.45) is 0 Å². The van der Waals surface area contributed by atoms with Gasteiger partial charge in [0.1, 0.15) is 18.1 Å². The Morgan fingerprint density at radius 3 is 2.11 bits per heavy atom. The van der Waals surface area contributed by atoms with Gasteiger partial charge in [-0.2, -0.15) is 5.10 Å². The molecule has 196 valence electrons. The normalized spacial score (nSPS) is 13.8. The summed E-state index contributed by atoms with van der Waals surface area (Å²) in [6, 6.07) is 25.2. The van der Waals surface area contributed by atoms with Crippen LogP contribution in [0.3, 0.4) is 0 Å². The van der Waals surface area contributed by atoms with Crippen molar-refractivity contribution in [2.75, 3.05) is 27.3 Å². The first-order valence-corrected chi connectivity index (χ1v) is 13.0. The maximum atomic E-state index is 12.7. The Hall–Kier alpha value is -3.97. The van der Waals surface area contributed by atoms with Crippen molar-refractivity contribution in [3.63, 3.8) is 0 Å². The molecule has 5 rings (SSSR count). The third kappa shape index (κ3) is 5.48. The molecular weight excluding hydrogens is 502 g/mol. The zero-order chi connectivity index (χ0) is 26.5. The Kier molecular flexibility index (Phi) is 7.84. The summed E-state index contributed by atoms with van der Waals surface area (Å²) < 4.78 is 18.1. The van der Waals surface area contributed by atoms with E-state index in [9.17, 15) is 4.79 Å². The van der Waals surface area contributed by atoms with Gasteiger partial charge in [0.05, 0.1) is 36.3 Å². The Morgan fingerprint density at radius 1 is 0.895 bits per heavy atom. The molecule has 1 fully saturated rings. The van der Waals surface area contributed by atoms with E-state index in [4.69, 9.17) is 30.9 Å². The van der Waals surface area contributed by atoms with Crippen LogP contribution in [0, 0.1) is 0 Å². The highest BCUT2D eigenvalue weighted by Crippen LogP contribution is 2.40. The number of rotatable bonds is 7. The highest BCUT2D eigenvalue weighted by Gasteiger charge is 2.30. The van der Waals surface area contributed by atoms with Crippen LogP contribution in [0.4, 0.5) is 4.79 Å². The van der Waals surface area contributed by atoms with Crippen LogP contribution in [0.2, 0.25) is 5.02 Å². The van der Waals surface area contributed by atoms with Crippen molar-refractivity contribution < 1.29 is 19.0 Å². The summed E-state index contributed by atoms with van der Waals surface area (Å²) in [6.07, 6.45) is 1.21. The lowest BCUT2D eigenvalue weighted by molar-refractivity contribution is 0.0868. The Balaban J connectivity index is 1.36. The van der Waals surface area contributed by atoms with Crippen LogP contribution in [0.25, 0.3) is 16.9 Å². The maximum Gasteiger partial charge on any atom is 0.410 e. The smallest absolute Gasteiger partial charge is 0.410 e. The second kappa shape index (κ2) is 11.6. The molecule has 8 heteroatoms. The molecule has 38 heavy (non-hydrogen) atoms. The highest BCUT2D eigenvalue weighted by molar-refractivity contribution is 6.34. The summed E-state index contributed by atoms with van der Waals surface area (Å²) in [5.41, 5.74) is 4.45. The molecule has 0 radical (unpaired) electrons. The molecule has 0 saturated carbocycles. The number of carbonyl (C=O) groups excluding carboxylic acids is 1. The average Bonchev–Trinajstić information content (AvgIpc) is 3.33. The predicted molar refractivity (Wildman–Crippen MR) is 147 cm³/mol. The van der Waals surface area contributed by atoms with E-state index in [1.807, 2.05) is 83.5 Å². The summed E-state index contributed by atoms with van der Waals surface area (Å²) in [6.45, 7) is 1.44. The second-order valence-corrected chi connectivity index (χ2v) is 9.57. The lowest BCUT2D eigenvalue weighted by Crippen LogP contribution is -2.38. The molecule has 1 amide bonds. The van der Waals surface area contributed by atoms with Gasteiger partial charge < -0.3 is 19.1 Å². The first-order chi connectivity index (χ1) is 18.6. The maximum absolute atomic E-state index is 12.7. The summed E-state index contributed by atoms with van der Waals surface area (Å²) in [7, 11) is 3.29. The number of hydrogen-bond donors (Lipinski definition) is 0. The standard InChI is InChI=1S/C30H30ClN3O4/c1-36-25-12-8-23(9-13-25)29-27(31)28(32-34(29)24-10-14-26(37-2)15-11-24)22-16-18-33(19-17-22)30(35)38-20-21-6-4-3-5-7-21/h3-15,22H,16-20H2,1-2H3. The van der Waals surface area contributed by atoms with E-state index in [0.29, 0.717) is 18.1 Å². The molecule has 0 spiro atoms. The lowest BCUT2D eigenvalue weighted by atomic mass is 9.93. The third-order valence-electron chi connectivity index (χ3n) is 6.88. The van der Waals surface area contributed by atoms with Crippen molar-refractivity contribution >= 4 is 17.7 Å². The monoisotopic (exact) mass is 531 g/mol. The van der Waals surface area contributed by atoms with Crippen LogP contribution in [0.1, 0.15) is 30.0 Å². The van der Waals surface area contributed by atoms with Crippen LogP contribution < -0.4 is 9.47 Å². The summed E-state index contributed by atoms with van der Waals surface area (Å²) in [5, 5.41) is 5.62. The van der Waals surface area contributed by atoms with Gasteiger partial charge in [-0.15, -0.1) is 0 Å². The summed E-state index contributed by atoms with van der Waals surface area (Å²) in [5.74, 6) is 1.66. The van der Waals surface area contributed by atoms with Gasteiger partial charge in [-0.25, -0.2) is 9.48 Å². The molecule has 1 aliphatic rings. The second-order valence-electron chi connectivity index (χ2n) is 9.19. The Labute approximate surface area is 227 Å². The number of benzene rings is 3. The molecule has 2 heterocycles. The number of amides is 1. The van der Waals surface area contributed by atoms with Gasteiger partial charge in [-0.3, -0.25) is 0 Å². The minimum absolute atomic E-state index is 0.122. The molecule has 1 saturated heterocycles. The van der Waals surface area contributed by atoms with Crippen LogP contribution >= 0.6 is 11.6 Å².